The summed E-state index contributed by atoms with van der Waals surface area (Å²) in [5, 5.41) is 0. The first-order valence-corrected chi connectivity index (χ1v) is 8.75. The Hall–Kier alpha value is -3.75. The van der Waals surface area contributed by atoms with Crippen LogP contribution in [0.3, 0.4) is 0 Å². The van der Waals surface area contributed by atoms with Crippen molar-refractivity contribution in [1.82, 2.24) is 20.0 Å². The number of nitrogens with one attached hydrogen (secondary N) is 2. The summed E-state index contributed by atoms with van der Waals surface area (Å²) < 4.78 is 13.4. The molecule has 9 heteroatoms. The topological polar surface area (TPSA) is 104 Å². The lowest BCUT2D eigenvalue weighted by Gasteiger charge is -2.08. The minimum absolute atomic E-state index is 0.108. The molecule has 0 radical (unpaired) electrons. The van der Waals surface area contributed by atoms with E-state index >= 15 is 0 Å². The molecule has 0 fully saturated rings. The average Bonchev–Trinajstić information content (AvgIpc) is 3.28. The fourth-order valence-electron chi connectivity index (χ4n) is 3.15. The van der Waals surface area contributed by atoms with Crippen LogP contribution in [0.1, 0.15) is 17.3 Å². The normalized spacial score (nSPS) is 12.2. The van der Waals surface area contributed by atoms with E-state index in [2.05, 4.69) is 10.9 Å². The number of fused-ring (bicyclic) bond motifs is 2. The van der Waals surface area contributed by atoms with Crippen molar-refractivity contribution in [3.8, 4) is 11.5 Å². The number of aromatic nitrogens is 2. The average molecular weight is 382 g/mol. The molecule has 2 amide bonds. The van der Waals surface area contributed by atoms with Gasteiger partial charge in [-0.15, -0.1) is 0 Å². The van der Waals surface area contributed by atoms with E-state index in [-0.39, 0.29) is 19.0 Å². The van der Waals surface area contributed by atoms with Gasteiger partial charge in [-0.25, -0.2) is 4.79 Å². The molecule has 4 rings (SSSR count). The van der Waals surface area contributed by atoms with Gasteiger partial charge in [0.05, 0.1) is 11.0 Å². The van der Waals surface area contributed by atoms with E-state index < -0.39 is 11.8 Å². The fraction of sp³-hybridized carbons (Fsp3) is 0.211. The summed E-state index contributed by atoms with van der Waals surface area (Å²) in [6, 6.07) is 12.0. The van der Waals surface area contributed by atoms with E-state index in [0.717, 1.165) is 5.52 Å². The first-order valence-electron chi connectivity index (χ1n) is 8.75. The first-order chi connectivity index (χ1) is 13.6. The molecule has 0 bridgehead atoms. The molecule has 9 nitrogen and oxygen atoms in total. The molecule has 0 atom stereocenters. The summed E-state index contributed by atoms with van der Waals surface area (Å²) in [5.41, 5.74) is 6.13. The number of nitrogens with zero attached hydrogens (tertiary/aromatic N) is 2. The molecule has 1 aliphatic heterocycles. The van der Waals surface area contributed by atoms with Gasteiger partial charge in [-0.1, -0.05) is 12.1 Å². The minimum atomic E-state index is -0.518. The van der Waals surface area contributed by atoms with E-state index in [0.29, 0.717) is 29.1 Å². The van der Waals surface area contributed by atoms with Gasteiger partial charge < -0.3 is 9.47 Å². The van der Waals surface area contributed by atoms with Crippen LogP contribution in [0.4, 0.5) is 0 Å². The number of ether oxygens (including phenoxy) is 2. The van der Waals surface area contributed by atoms with Gasteiger partial charge in [0, 0.05) is 12.1 Å². The van der Waals surface area contributed by atoms with Crippen LogP contribution in [0.15, 0.2) is 47.3 Å². The Balaban J connectivity index is 1.45. The highest BCUT2D eigenvalue weighted by atomic mass is 16.7. The van der Waals surface area contributed by atoms with Crippen LogP contribution in [0, 0.1) is 0 Å². The monoisotopic (exact) mass is 382 g/mol. The second-order valence-corrected chi connectivity index (χ2v) is 6.17. The lowest BCUT2D eigenvalue weighted by atomic mass is 10.2. The smallest absolute Gasteiger partial charge is 0.329 e. The number of benzene rings is 2. The molecule has 0 saturated heterocycles. The number of carbonyl (C=O) groups excluding carboxylic acids is 2. The fourth-order valence-corrected chi connectivity index (χ4v) is 3.15. The Morgan fingerprint density at radius 1 is 1.00 bits per heavy atom. The van der Waals surface area contributed by atoms with Gasteiger partial charge in [-0.2, -0.15) is 0 Å². The van der Waals surface area contributed by atoms with Crippen LogP contribution in [0.2, 0.25) is 0 Å². The second-order valence-electron chi connectivity index (χ2n) is 6.17. The maximum atomic E-state index is 12.6. The Kier molecular flexibility index (Phi) is 4.48. The quantitative estimate of drug-likeness (QED) is 0.656. The Labute approximate surface area is 159 Å². The molecule has 28 heavy (non-hydrogen) atoms. The van der Waals surface area contributed by atoms with E-state index in [1.165, 1.54) is 10.6 Å². The van der Waals surface area contributed by atoms with Crippen LogP contribution in [-0.2, 0) is 17.9 Å². The predicted molar refractivity (Wildman–Crippen MR) is 100 cm³/mol. The van der Waals surface area contributed by atoms with E-state index in [1.807, 2.05) is 19.1 Å². The van der Waals surface area contributed by atoms with Gasteiger partial charge in [0.1, 0.15) is 6.54 Å². The van der Waals surface area contributed by atoms with Crippen molar-refractivity contribution >= 4 is 22.8 Å². The number of para-hydroxylation sites is 2. The summed E-state index contributed by atoms with van der Waals surface area (Å²) in [6.07, 6.45) is 0. The van der Waals surface area contributed by atoms with Crippen molar-refractivity contribution < 1.29 is 19.1 Å². The number of amides is 2. The molecule has 2 N–H and O–H groups in total. The van der Waals surface area contributed by atoms with Crippen molar-refractivity contribution in [2.75, 3.05) is 6.79 Å². The summed E-state index contributed by atoms with van der Waals surface area (Å²) in [6.45, 7) is 2.25. The summed E-state index contributed by atoms with van der Waals surface area (Å²) in [5.74, 6) is 0.00959. The number of imidazole rings is 1. The standard InChI is InChI=1S/C19H18N4O5/c1-2-22-13-5-3-4-6-14(13)23(19(22)26)10-17(24)20-21-18(25)12-7-8-15-16(9-12)28-11-27-15/h3-9H,2,10-11H2,1H3,(H,20,24)(H,21,25). The molecular weight excluding hydrogens is 364 g/mol. The number of hydrazine groups is 1. The highest BCUT2D eigenvalue weighted by Gasteiger charge is 2.18. The largest absolute Gasteiger partial charge is 0.454 e. The third-order valence-corrected chi connectivity index (χ3v) is 4.49. The van der Waals surface area contributed by atoms with Gasteiger partial charge in [-0.05, 0) is 37.3 Å². The highest BCUT2D eigenvalue weighted by Crippen LogP contribution is 2.32. The van der Waals surface area contributed by atoms with Gasteiger partial charge in [0.15, 0.2) is 11.5 Å². The Bertz CT molecular complexity index is 1130. The molecule has 0 saturated carbocycles. The minimum Gasteiger partial charge on any atom is -0.454 e. The molecule has 2 heterocycles. The predicted octanol–water partition coefficient (Wildman–Crippen LogP) is 1.01. The third kappa shape index (κ3) is 3.07. The van der Waals surface area contributed by atoms with E-state index in [1.54, 1.807) is 28.8 Å². The number of hydrogen-bond acceptors (Lipinski definition) is 5. The molecule has 0 aliphatic carbocycles. The van der Waals surface area contributed by atoms with Crippen molar-refractivity contribution in [1.29, 1.82) is 0 Å². The number of hydrogen-bond donors (Lipinski definition) is 2. The molecule has 2 aromatic carbocycles. The molecule has 3 aromatic rings. The number of carbonyl (C=O) groups is 2. The number of aryl methyl sites for hydroxylation is 1. The molecule has 1 aromatic heterocycles. The van der Waals surface area contributed by atoms with Crippen LogP contribution >= 0.6 is 0 Å². The van der Waals surface area contributed by atoms with Crippen LogP contribution in [0.25, 0.3) is 11.0 Å². The van der Waals surface area contributed by atoms with Gasteiger partial charge in [-0.3, -0.25) is 29.6 Å². The van der Waals surface area contributed by atoms with Crippen LogP contribution in [0.5, 0.6) is 11.5 Å². The lowest BCUT2D eigenvalue weighted by molar-refractivity contribution is -0.122. The molecule has 1 aliphatic rings. The van der Waals surface area contributed by atoms with E-state index in [9.17, 15) is 14.4 Å². The van der Waals surface area contributed by atoms with Crippen molar-refractivity contribution in [2.45, 2.75) is 20.0 Å². The van der Waals surface area contributed by atoms with Crippen LogP contribution < -0.4 is 26.0 Å². The molecule has 0 spiro atoms. The maximum Gasteiger partial charge on any atom is 0.329 e. The SMILES string of the molecule is CCn1c(=O)n(CC(=O)NNC(=O)c2ccc3c(c2)OCO3)c2ccccc21. The van der Waals surface area contributed by atoms with Crippen LogP contribution in [-0.4, -0.2) is 27.7 Å². The lowest BCUT2D eigenvalue weighted by Crippen LogP contribution is -2.44. The van der Waals surface area contributed by atoms with Gasteiger partial charge in [0.25, 0.3) is 11.8 Å². The zero-order valence-corrected chi connectivity index (χ0v) is 15.1. The first kappa shape index (κ1) is 17.7. The second kappa shape index (κ2) is 7.10. The van der Waals surface area contributed by atoms with Crippen molar-refractivity contribution in [3.05, 3.63) is 58.5 Å². The number of rotatable bonds is 4. The maximum absolute atomic E-state index is 12.6. The zero-order chi connectivity index (χ0) is 19.7. The van der Waals surface area contributed by atoms with Gasteiger partial charge >= 0.3 is 5.69 Å². The molecule has 0 unspecified atom stereocenters. The Morgan fingerprint density at radius 2 is 1.71 bits per heavy atom. The third-order valence-electron chi connectivity index (χ3n) is 4.49. The molecule has 144 valence electrons. The summed E-state index contributed by atoms with van der Waals surface area (Å²) >= 11 is 0. The summed E-state index contributed by atoms with van der Waals surface area (Å²) in [4.78, 5) is 37.1. The molecular formula is C19H18N4O5. The van der Waals surface area contributed by atoms with Crippen molar-refractivity contribution in [3.63, 3.8) is 0 Å². The van der Waals surface area contributed by atoms with Gasteiger partial charge in [0.2, 0.25) is 6.79 Å². The van der Waals surface area contributed by atoms with E-state index in [4.69, 9.17) is 9.47 Å². The highest BCUT2D eigenvalue weighted by molar-refractivity contribution is 5.96. The summed E-state index contributed by atoms with van der Waals surface area (Å²) in [7, 11) is 0. The Morgan fingerprint density at radius 3 is 2.46 bits per heavy atom. The van der Waals surface area contributed by atoms with Crippen molar-refractivity contribution in [2.24, 2.45) is 0 Å². The zero-order valence-electron chi connectivity index (χ0n) is 15.1.